The first-order valence-electron chi connectivity index (χ1n) is 5.75. The second-order valence-corrected chi connectivity index (χ2v) is 5.78. The van der Waals surface area contributed by atoms with E-state index in [4.69, 9.17) is 0 Å². The van der Waals surface area contributed by atoms with E-state index in [9.17, 15) is 0 Å². The predicted molar refractivity (Wildman–Crippen MR) is 78.7 cm³/mol. The van der Waals surface area contributed by atoms with Crippen molar-refractivity contribution in [2.75, 3.05) is 6.54 Å². The van der Waals surface area contributed by atoms with Crippen LogP contribution in [0.4, 0.5) is 0 Å². The average molecular weight is 310 g/mol. The van der Waals surface area contributed by atoms with Crippen molar-refractivity contribution in [2.45, 2.75) is 19.9 Å². The molecule has 0 spiro atoms. The van der Waals surface area contributed by atoms with Crippen LogP contribution >= 0.6 is 27.3 Å². The standard InChI is InChI=1S/C14H16BrNS/c1-3-16-13(14-12(15)8-9-17-14)11-7-5-4-6-10(11)2/h4-9,13,16H,3H2,1-2H3. The highest BCUT2D eigenvalue weighted by Crippen LogP contribution is 2.34. The molecule has 0 aliphatic carbocycles. The smallest absolute Gasteiger partial charge is 0.0684 e. The van der Waals surface area contributed by atoms with E-state index in [0.717, 1.165) is 6.54 Å². The van der Waals surface area contributed by atoms with Gasteiger partial charge in [0, 0.05) is 9.35 Å². The lowest BCUT2D eigenvalue weighted by molar-refractivity contribution is 0.635. The van der Waals surface area contributed by atoms with Gasteiger partial charge in [0.05, 0.1) is 6.04 Å². The Morgan fingerprint density at radius 3 is 2.65 bits per heavy atom. The van der Waals surface area contributed by atoms with Crippen LogP contribution in [0.25, 0.3) is 0 Å². The van der Waals surface area contributed by atoms with Gasteiger partial charge in [-0.3, -0.25) is 0 Å². The lowest BCUT2D eigenvalue weighted by atomic mass is 10.00. The summed E-state index contributed by atoms with van der Waals surface area (Å²) in [5.41, 5.74) is 2.69. The Hall–Kier alpha value is -0.640. The van der Waals surface area contributed by atoms with E-state index >= 15 is 0 Å². The van der Waals surface area contributed by atoms with Crippen LogP contribution in [-0.4, -0.2) is 6.54 Å². The van der Waals surface area contributed by atoms with E-state index < -0.39 is 0 Å². The van der Waals surface area contributed by atoms with Crippen molar-refractivity contribution in [3.05, 3.63) is 56.2 Å². The van der Waals surface area contributed by atoms with Gasteiger partial charge in [-0.05, 0) is 52.0 Å². The van der Waals surface area contributed by atoms with Gasteiger partial charge >= 0.3 is 0 Å². The number of aryl methyl sites for hydroxylation is 1. The highest BCUT2D eigenvalue weighted by Gasteiger charge is 2.18. The van der Waals surface area contributed by atoms with Gasteiger partial charge in [-0.1, -0.05) is 31.2 Å². The van der Waals surface area contributed by atoms with Crippen molar-refractivity contribution >= 4 is 27.3 Å². The fraction of sp³-hybridized carbons (Fsp3) is 0.286. The van der Waals surface area contributed by atoms with E-state index in [1.54, 1.807) is 11.3 Å². The van der Waals surface area contributed by atoms with E-state index in [1.807, 2.05) is 0 Å². The third-order valence-corrected chi connectivity index (χ3v) is 4.75. The number of thiophene rings is 1. The minimum absolute atomic E-state index is 0.288. The van der Waals surface area contributed by atoms with Crippen molar-refractivity contribution < 1.29 is 0 Å². The average Bonchev–Trinajstić information content (AvgIpc) is 2.74. The Kier molecular flexibility index (Phi) is 4.37. The SMILES string of the molecule is CCNC(c1ccccc1C)c1sccc1Br. The molecule has 0 saturated heterocycles. The lowest BCUT2D eigenvalue weighted by Crippen LogP contribution is -2.22. The van der Waals surface area contributed by atoms with Crippen molar-refractivity contribution in [1.82, 2.24) is 5.32 Å². The summed E-state index contributed by atoms with van der Waals surface area (Å²) >= 11 is 5.42. The third kappa shape index (κ3) is 2.79. The Bertz CT molecular complexity index is 492. The largest absolute Gasteiger partial charge is 0.306 e. The zero-order valence-electron chi connectivity index (χ0n) is 10.0. The minimum atomic E-state index is 0.288. The van der Waals surface area contributed by atoms with Gasteiger partial charge in [0.15, 0.2) is 0 Å². The topological polar surface area (TPSA) is 12.0 Å². The van der Waals surface area contributed by atoms with Gasteiger partial charge < -0.3 is 5.32 Å². The summed E-state index contributed by atoms with van der Waals surface area (Å²) in [5.74, 6) is 0. The Morgan fingerprint density at radius 2 is 2.06 bits per heavy atom. The summed E-state index contributed by atoms with van der Waals surface area (Å²) in [5, 5.41) is 5.69. The zero-order valence-corrected chi connectivity index (χ0v) is 12.4. The molecule has 1 unspecified atom stereocenters. The number of rotatable bonds is 4. The normalized spacial score (nSPS) is 12.6. The van der Waals surface area contributed by atoms with Crippen LogP contribution in [-0.2, 0) is 0 Å². The molecule has 90 valence electrons. The molecule has 0 saturated carbocycles. The van der Waals surface area contributed by atoms with Crippen LogP contribution in [0.5, 0.6) is 0 Å². The predicted octanol–water partition coefficient (Wildman–Crippen LogP) is 4.52. The Balaban J connectivity index is 2.43. The molecular weight excluding hydrogens is 294 g/mol. The molecule has 1 heterocycles. The van der Waals surface area contributed by atoms with Gasteiger partial charge in [0.1, 0.15) is 0 Å². The number of hydrogen-bond acceptors (Lipinski definition) is 2. The van der Waals surface area contributed by atoms with Gasteiger partial charge in [-0.2, -0.15) is 0 Å². The van der Waals surface area contributed by atoms with Crippen molar-refractivity contribution in [2.24, 2.45) is 0 Å². The van der Waals surface area contributed by atoms with E-state index in [0.29, 0.717) is 0 Å². The molecule has 1 N–H and O–H groups in total. The number of halogens is 1. The fourth-order valence-electron chi connectivity index (χ4n) is 1.97. The van der Waals surface area contributed by atoms with Crippen LogP contribution in [0.1, 0.15) is 29.0 Å². The number of benzene rings is 1. The molecule has 1 aromatic heterocycles. The molecule has 1 nitrogen and oxygen atoms in total. The third-order valence-electron chi connectivity index (χ3n) is 2.81. The van der Waals surface area contributed by atoms with Gasteiger partial charge in [-0.15, -0.1) is 11.3 Å². The monoisotopic (exact) mass is 309 g/mol. The van der Waals surface area contributed by atoms with E-state index in [1.165, 1.54) is 20.5 Å². The lowest BCUT2D eigenvalue weighted by Gasteiger charge is -2.19. The zero-order chi connectivity index (χ0) is 12.3. The minimum Gasteiger partial charge on any atom is -0.306 e. The molecule has 0 aliphatic rings. The molecular formula is C14H16BrNS. The van der Waals surface area contributed by atoms with Crippen LogP contribution in [0.3, 0.4) is 0 Å². The van der Waals surface area contributed by atoms with E-state index in [-0.39, 0.29) is 6.04 Å². The van der Waals surface area contributed by atoms with Gasteiger partial charge in [0.2, 0.25) is 0 Å². The molecule has 0 bridgehead atoms. The molecule has 2 aromatic rings. The molecule has 17 heavy (non-hydrogen) atoms. The van der Waals surface area contributed by atoms with Crippen LogP contribution in [0.15, 0.2) is 40.2 Å². The molecule has 1 aromatic carbocycles. The van der Waals surface area contributed by atoms with Crippen molar-refractivity contribution in [3.63, 3.8) is 0 Å². The maximum absolute atomic E-state index is 3.63. The summed E-state index contributed by atoms with van der Waals surface area (Å²) < 4.78 is 1.19. The summed E-state index contributed by atoms with van der Waals surface area (Å²) in [6.45, 7) is 5.28. The quantitative estimate of drug-likeness (QED) is 0.875. The molecule has 3 heteroatoms. The van der Waals surface area contributed by atoms with Crippen LogP contribution in [0.2, 0.25) is 0 Å². The second-order valence-electron chi connectivity index (χ2n) is 3.98. The molecule has 1 atom stereocenters. The number of hydrogen-bond donors (Lipinski definition) is 1. The highest BCUT2D eigenvalue weighted by molar-refractivity contribution is 9.10. The Morgan fingerprint density at radius 1 is 1.29 bits per heavy atom. The maximum atomic E-state index is 3.63. The first-order valence-corrected chi connectivity index (χ1v) is 7.43. The summed E-state index contributed by atoms with van der Waals surface area (Å²) in [6.07, 6.45) is 0. The maximum Gasteiger partial charge on any atom is 0.0684 e. The summed E-state index contributed by atoms with van der Waals surface area (Å²) in [7, 11) is 0. The molecule has 0 fully saturated rings. The molecule has 2 rings (SSSR count). The fourth-order valence-corrected chi connectivity index (χ4v) is 3.66. The summed E-state index contributed by atoms with van der Waals surface area (Å²) in [6, 6.07) is 11.0. The van der Waals surface area contributed by atoms with Crippen LogP contribution < -0.4 is 5.32 Å². The van der Waals surface area contributed by atoms with Gasteiger partial charge in [0.25, 0.3) is 0 Å². The summed E-state index contributed by atoms with van der Waals surface area (Å²) in [4.78, 5) is 1.35. The molecule has 0 aliphatic heterocycles. The first-order chi connectivity index (χ1) is 8.24. The van der Waals surface area contributed by atoms with Crippen molar-refractivity contribution in [3.8, 4) is 0 Å². The number of nitrogens with one attached hydrogen (secondary N) is 1. The molecule has 0 amide bonds. The highest BCUT2D eigenvalue weighted by atomic mass is 79.9. The Labute approximate surface area is 115 Å². The molecule has 0 radical (unpaired) electrons. The van der Waals surface area contributed by atoms with E-state index in [2.05, 4.69) is 70.8 Å². The second kappa shape index (κ2) is 5.80. The van der Waals surface area contributed by atoms with Gasteiger partial charge in [-0.25, -0.2) is 0 Å². The van der Waals surface area contributed by atoms with Crippen LogP contribution in [0, 0.1) is 6.92 Å². The first kappa shape index (κ1) is 12.8. The van der Waals surface area contributed by atoms with Crippen molar-refractivity contribution in [1.29, 1.82) is 0 Å².